The zero-order valence-corrected chi connectivity index (χ0v) is 16.7. The fourth-order valence-corrected chi connectivity index (χ4v) is 4.25. The maximum Gasteiger partial charge on any atom is 0.409 e. The maximum absolute atomic E-state index is 13.6. The van der Waals surface area contributed by atoms with E-state index < -0.39 is 0 Å². The third-order valence-corrected chi connectivity index (χ3v) is 5.72. The molecule has 0 atom stereocenters. The molecule has 28 heavy (non-hydrogen) atoms. The van der Waals surface area contributed by atoms with Gasteiger partial charge in [-0.15, -0.1) is 0 Å². The minimum Gasteiger partial charge on any atom is -0.450 e. The Morgan fingerprint density at radius 2 is 1.79 bits per heavy atom. The van der Waals surface area contributed by atoms with Crippen LogP contribution in [-0.2, 0) is 17.6 Å². The largest absolute Gasteiger partial charge is 0.450 e. The molecule has 2 heterocycles. The van der Waals surface area contributed by atoms with E-state index >= 15 is 0 Å². The average Bonchev–Trinajstić information content (AvgIpc) is 2.72. The van der Waals surface area contributed by atoms with Gasteiger partial charge in [0.05, 0.1) is 17.7 Å². The van der Waals surface area contributed by atoms with Crippen LogP contribution in [0.25, 0.3) is 10.9 Å². The Kier molecular flexibility index (Phi) is 5.20. The summed E-state index contributed by atoms with van der Waals surface area (Å²) in [4.78, 5) is 33.9. The molecule has 1 aromatic heterocycles. The number of aryl methyl sites for hydroxylation is 2. The summed E-state index contributed by atoms with van der Waals surface area (Å²) in [5, 5.41) is 0.957. The van der Waals surface area contributed by atoms with E-state index in [4.69, 9.17) is 9.72 Å². The van der Waals surface area contributed by atoms with Crippen LogP contribution in [0.3, 0.4) is 0 Å². The zero-order chi connectivity index (χ0) is 19.7. The molecule has 2 amide bonds. The van der Waals surface area contributed by atoms with E-state index in [-0.39, 0.29) is 12.0 Å². The second kappa shape index (κ2) is 7.78. The summed E-state index contributed by atoms with van der Waals surface area (Å²) in [5.74, 6) is 0.0691. The van der Waals surface area contributed by atoms with Crippen LogP contribution >= 0.6 is 0 Å². The Morgan fingerprint density at radius 1 is 1.07 bits per heavy atom. The first kappa shape index (κ1) is 18.7. The smallest absolute Gasteiger partial charge is 0.409 e. The molecule has 1 aliphatic carbocycles. The van der Waals surface area contributed by atoms with Crippen molar-refractivity contribution in [2.45, 2.75) is 39.5 Å². The van der Waals surface area contributed by atoms with Crippen LogP contribution in [0, 0.1) is 6.92 Å². The van der Waals surface area contributed by atoms with Gasteiger partial charge in [-0.3, -0.25) is 9.78 Å². The van der Waals surface area contributed by atoms with Crippen LogP contribution in [0.1, 0.15) is 46.9 Å². The molecule has 6 heteroatoms. The highest BCUT2D eigenvalue weighted by atomic mass is 16.6. The van der Waals surface area contributed by atoms with Gasteiger partial charge in [0, 0.05) is 37.3 Å². The highest BCUT2D eigenvalue weighted by molar-refractivity contribution is 6.08. The van der Waals surface area contributed by atoms with Crippen LogP contribution in [0.2, 0.25) is 0 Å². The SMILES string of the molecule is CCOC(=O)N1CCN(C(=O)c2c3c(nc4ccc(C)cc24)CCCC3)CC1. The van der Waals surface area contributed by atoms with Crippen molar-refractivity contribution >= 4 is 22.9 Å². The number of nitrogens with zero attached hydrogens (tertiary/aromatic N) is 3. The molecule has 2 aromatic rings. The number of hydrogen-bond donors (Lipinski definition) is 0. The summed E-state index contributed by atoms with van der Waals surface area (Å²) < 4.78 is 5.08. The summed E-state index contributed by atoms with van der Waals surface area (Å²) in [5.41, 5.74) is 5.07. The number of fused-ring (bicyclic) bond motifs is 2. The van der Waals surface area contributed by atoms with Gasteiger partial charge < -0.3 is 14.5 Å². The molecule has 0 unspecified atom stereocenters. The van der Waals surface area contributed by atoms with E-state index in [1.54, 1.807) is 11.8 Å². The second-order valence-electron chi connectivity index (χ2n) is 7.62. The molecular formula is C22H27N3O3. The lowest BCUT2D eigenvalue weighted by molar-refractivity contribution is 0.0571. The molecular weight excluding hydrogens is 354 g/mol. The van der Waals surface area contributed by atoms with E-state index in [1.807, 2.05) is 17.9 Å². The minimum absolute atomic E-state index is 0.0691. The highest BCUT2D eigenvalue weighted by Gasteiger charge is 2.29. The molecule has 0 N–H and O–H groups in total. The topological polar surface area (TPSA) is 62.7 Å². The first-order valence-corrected chi connectivity index (χ1v) is 10.2. The lowest BCUT2D eigenvalue weighted by atomic mass is 9.89. The number of amides is 2. The van der Waals surface area contributed by atoms with Crippen molar-refractivity contribution in [2.24, 2.45) is 0 Å². The molecule has 2 aliphatic rings. The number of pyridine rings is 1. The number of hydrogen-bond acceptors (Lipinski definition) is 4. The molecule has 0 radical (unpaired) electrons. The van der Waals surface area contributed by atoms with Crippen LogP contribution in [-0.4, -0.2) is 59.6 Å². The van der Waals surface area contributed by atoms with E-state index in [1.165, 1.54) is 0 Å². The molecule has 6 nitrogen and oxygen atoms in total. The standard InChI is InChI=1S/C22H27N3O3/c1-3-28-22(27)25-12-10-24(11-13-25)21(26)20-16-6-4-5-7-18(16)23-19-9-8-15(2)14-17(19)20/h8-9,14H,3-7,10-13H2,1-2H3. The molecule has 0 saturated carbocycles. The summed E-state index contributed by atoms with van der Waals surface area (Å²) in [6.45, 7) is 6.29. The van der Waals surface area contributed by atoms with Crippen molar-refractivity contribution in [1.82, 2.24) is 14.8 Å². The van der Waals surface area contributed by atoms with Crippen LogP contribution in [0.4, 0.5) is 4.79 Å². The van der Waals surface area contributed by atoms with Gasteiger partial charge in [0.15, 0.2) is 0 Å². The molecule has 4 rings (SSSR count). The lowest BCUT2D eigenvalue weighted by Crippen LogP contribution is -2.51. The van der Waals surface area contributed by atoms with E-state index in [0.29, 0.717) is 32.8 Å². The van der Waals surface area contributed by atoms with Gasteiger partial charge >= 0.3 is 6.09 Å². The molecule has 0 bridgehead atoms. The third kappa shape index (κ3) is 3.43. The first-order chi connectivity index (χ1) is 13.6. The first-order valence-electron chi connectivity index (χ1n) is 10.2. The van der Waals surface area contributed by atoms with Crippen LogP contribution < -0.4 is 0 Å². The van der Waals surface area contributed by atoms with Crippen LogP contribution in [0.5, 0.6) is 0 Å². The zero-order valence-electron chi connectivity index (χ0n) is 16.7. The number of piperazine rings is 1. The predicted molar refractivity (Wildman–Crippen MR) is 108 cm³/mol. The Balaban J connectivity index is 1.66. The summed E-state index contributed by atoms with van der Waals surface area (Å²) in [7, 11) is 0. The van der Waals surface area contributed by atoms with Crippen molar-refractivity contribution in [3.63, 3.8) is 0 Å². The maximum atomic E-state index is 13.6. The number of aromatic nitrogens is 1. The van der Waals surface area contributed by atoms with Crippen molar-refractivity contribution < 1.29 is 14.3 Å². The van der Waals surface area contributed by atoms with E-state index in [9.17, 15) is 9.59 Å². The van der Waals surface area contributed by atoms with Gasteiger partial charge in [-0.2, -0.15) is 0 Å². The number of benzene rings is 1. The molecule has 1 fully saturated rings. The van der Waals surface area contributed by atoms with Gasteiger partial charge in [0.1, 0.15) is 0 Å². The number of carbonyl (C=O) groups excluding carboxylic acids is 2. The third-order valence-electron chi connectivity index (χ3n) is 5.72. The number of rotatable bonds is 2. The van der Waals surface area contributed by atoms with Crippen molar-refractivity contribution in [1.29, 1.82) is 0 Å². The lowest BCUT2D eigenvalue weighted by Gasteiger charge is -2.35. The monoisotopic (exact) mass is 381 g/mol. The minimum atomic E-state index is -0.294. The Labute approximate surface area is 165 Å². The fourth-order valence-electron chi connectivity index (χ4n) is 4.25. The Bertz CT molecular complexity index is 917. The average molecular weight is 381 g/mol. The quantitative estimate of drug-likeness (QED) is 0.800. The molecule has 1 aromatic carbocycles. The fraction of sp³-hybridized carbons (Fsp3) is 0.500. The van der Waals surface area contributed by atoms with Gasteiger partial charge in [-0.05, 0) is 57.2 Å². The molecule has 1 saturated heterocycles. The van der Waals surface area contributed by atoms with Crippen molar-refractivity contribution in [3.05, 3.63) is 40.6 Å². The van der Waals surface area contributed by atoms with E-state index in [0.717, 1.165) is 59.0 Å². The number of carbonyl (C=O) groups is 2. The summed E-state index contributed by atoms with van der Waals surface area (Å²) in [6.07, 6.45) is 3.79. The molecule has 148 valence electrons. The Hall–Kier alpha value is -2.63. The molecule has 1 aliphatic heterocycles. The summed E-state index contributed by atoms with van der Waals surface area (Å²) in [6, 6.07) is 6.16. The van der Waals surface area contributed by atoms with Gasteiger partial charge in [-0.1, -0.05) is 11.6 Å². The second-order valence-corrected chi connectivity index (χ2v) is 7.62. The number of ether oxygens (including phenoxy) is 1. The van der Waals surface area contributed by atoms with E-state index in [2.05, 4.69) is 12.1 Å². The van der Waals surface area contributed by atoms with Gasteiger partial charge in [0.25, 0.3) is 5.91 Å². The van der Waals surface area contributed by atoms with Gasteiger partial charge in [0.2, 0.25) is 0 Å². The summed E-state index contributed by atoms with van der Waals surface area (Å²) >= 11 is 0. The Morgan fingerprint density at radius 3 is 2.54 bits per heavy atom. The van der Waals surface area contributed by atoms with Gasteiger partial charge in [-0.25, -0.2) is 4.79 Å². The molecule has 0 spiro atoms. The van der Waals surface area contributed by atoms with Crippen molar-refractivity contribution in [2.75, 3.05) is 32.8 Å². The highest BCUT2D eigenvalue weighted by Crippen LogP contribution is 2.31. The predicted octanol–water partition coefficient (Wildman–Crippen LogP) is 3.34. The normalized spacial score (nSPS) is 16.8. The van der Waals surface area contributed by atoms with Crippen LogP contribution in [0.15, 0.2) is 18.2 Å². The van der Waals surface area contributed by atoms with Crippen molar-refractivity contribution in [3.8, 4) is 0 Å².